The van der Waals surface area contributed by atoms with Crippen LogP contribution in [0.3, 0.4) is 0 Å². The Morgan fingerprint density at radius 3 is 2.00 bits per heavy atom. The minimum absolute atomic E-state index is 0.738. The van der Waals surface area contributed by atoms with Gasteiger partial charge < -0.3 is 9.47 Å². The topological polar surface area (TPSA) is 44.5 Å². The van der Waals surface area contributed by atoms with Crippen molar-refractivity contribution in [2.45, 2.75) is 4.90 Å². The highest BCUT2D eigenvalue weighted by molar-refractivity contribution is 7.97. The van der Waals surface area contributed by atoms with Crippen LogP contribution < -0.4 is 14.6 Å². The van der Waals surface area contributed by atoms with Crippen LogP contribution in [0.25, 0.3) is 0 Å². The van der Waals surface area contributed by atoms with Crippen LogP contribution in [0.2, 0.25) is 0 Å². The molecule has 1 rings (SSSR count). The van der Waals surface area contributed by atoms with Gasteiger partial charge in [0.1, 0.15) is 16.4 Å². The summed E-state index contributed by atoms with van der Waals surface area (Å²) in [5.74, 6) is 1.48. The van der Waals surface area contributed by atoms with Gasteiger partial charge in [0.2, 0.25) is 0 Å². The molecular formula is C8H11NO2S. The second-order valence-corrected chi connectivity index (χ2v) is 2.75. The van der Waals surface area contributed by atoms with Gasteiger partial charge in [-0.1, -0.05) is 6.07 Å². The largest absolute Gasteiger partial charge is 0.495 e. The summed E-state index contributed by atoms with van der Waals surface area (Å²) in [6, 6.07) is 5.55. The number of ether oxygens (including phenoxy) is 2. The first-order valence-electron chi connectivity index (χ1n) is 3.41. The van der Waals surface area contributed by atoms with Crippen molar-refractivity contribution in [1.29, 1.82) is 0 Å². The van der Waals surface area contributed by atoms with Crippen molar-refractivity contribution in [1.82, 2.24) is 0 Å². The van der Waals surface area contributed by atoms with Crippen LogP contribution in [-0.4, -0.2) is 14.2 Å². The fourth-order valence-electron chi connectivity index (χ4n) is 0.933. The summed E-state index contributed by atoms with van der Waals surface area (Å²) < 4.78 is 10.2. The lowest BCUT2D eigenvalue weighted by Gasteiger charge is -2.09. The lowest BCUT2D eigenvalue weighted by atomic mass is 10.3. The lowest BCUT2D eigenvalue weighted by Crippen LogP contribution is -1.92. The van der Waals surface area contributed by atoms with Gasteiger partial charge in [-0.3, -0.25) is 5.14 Å². The Morgan fingerprint density at radius 2 is 1.67 bits per heavy atom. The Morgan fingerprint density at radius 1 is 1.17 bits per heavy atom. The number of benzene rings is 1. The van der Waals surface area contributed by atoms with E-state index in [9.17, 15) is 0 Å². The summed E-state index contributed by atoms with van der Waals surface area (Å²) in [6.07, 6.45) is 0. The van der Waals surface area contributed by atoms with Gasteiger partial charge in [-0.2, -0.15) is 0 Å². The quantitative estimate of drug-likeness (QED) is 0.727. The molecule has 0 aliphatic rings. The average Bonchev–Trinajstić information content (AvgIpc) is 2.16. The molecule has 0 bridgehead atoms. The molecule has 3 nitrogen and oxygen atoms in total. The smallest absolute Gasteiger partial charge is 0.137 e. The minimum Gasteiger partial charge on any atom is -0.495 e. The zero-order valence-corrected chi connectivity index (χ0v) is 7.85. The Kier molecular flexibility index (Phi) is 3.25. The molecule has 0 unspecified atom stereocenters. The normalized spacial score (nSPS) is 9.58. The molecule has 0 radical (unpaired) electrons. The van der Waals surface area contributed by atoms with Crippen LogP contribution in [0.15, 0.2) is 23.1 Å². The van der Waals surface area contributed by atoms with Gasteiger partial charge in [-0.15, -0.1) is 0 Å². The van der Waals surface area contributed by atoms with E-state index in [0.29, 0.717) is 0 Å². The third kappa shape index (κ3) is 1.65. The number of hydrogen-bond donors (Lipinski definition) is 1. The molecule has 1 aromatic rings. The van der Waals surface area contributed by atoms with Crippen LogP contribution in [0.4, 0.5) is 0 Å². The summed E-state index contributed by atoms with van der Waals surface area (Å²) >= 11 is 1.12. The van der Waals surface area contributed by atoms with E-state index < -0.39 is 0 Å². The third-order valence-corrected chi connectivity index (χ3v) is 2.14. The fraction of sp³-hybridized carbons (Fsp3) is 0.250. The molecule has 12 heavy (non-hydrogen) atoms. The number of methoxy groups -OCH3 is 2. The molecule has 2 N–H and O–H groups in total. The highest BCUT2D eigenvalue weighted by Gasteiger charge is 2.07. The second kappa shape index (κ2) is 4.23. The van der Waals surface area contributed by atoms with Crippen molar-refractivity contribution < 1.29 is 9.47 Å². The summed E-state index contributed by atoms with van der Waals surface area (Å²) in [7, 11) is 3.21. The van der Waals surface area contributed by atoms with Gasteiger partial charge >= 0.3 is 0 Å². The van der Waals surface area contributed by atoms with Gasteiger partial charge in [-0.05, 0) is 24.1 Å². The molecule has 66 valence electrons. The molecular weight excluding hydrogens is 174 g/mol. The summed E-state index contributed by atoms with van der Waals surface area (Å²) in [5, 5.41) is 5.46. The zero-order valence-electron chi connectivity index (χ0n) is 7.03. The minimum atomic E-state index is 0.738. The zero-order chi connectivity index (χ0) is 8.97. The Hall–Kier alpha value is -0.870. The SMILES string of the molecule is COc1cccc(OC)c1SN. The Labute approximate surface area is 76.0 Å². The van der Waals surface area contributed by atoms with Gasteiger partial charge in [0.05, 0.1) is 14.2 Å². The molecule has 0 atom stereocenters. The van der Waals surface area contributed by atoms with Gasteiger partial charge in [0, 0.05) is 0 Å². The lowest BCUT2D eigenvalue weighted by molar-refractivity contribution is 0.376. The van der Waals surface area contributed by atoms with Crippen molar-refractivity contribution in [3.63, 3.8) is 0 Å². The fourth-order valence-corrected chi connectivity index (χ4v) is 1.47. The van der Waals surface area contributed by atoms with Gasteiger partial charge in [0.15, 0.2) is 0 Å². The molecule has 0 aliphatic heterocycles. The number of rotatable bonds is 3. The molecule has 0 saturated heterocycles. The predicted molar refractivity (Wildman–Crippen MR) is 49.6 cm³/mol. The van der Waals surface area contributed by atoms with Gasteiger partial charge in [-0.25, -0.2) is 0 Å². The number of hydrogen-bond acceptors (Lipinski definition) is 4. The molecule has 0 heterocycles. The standard InChI is InChI=1S/C8H11NO2S/c1-10-6-4-3-5-7(11-2)8(6)12-9/h3-5H,9H2,1-2H3. The molecule has 0 amide bonds. The molecule has 0 fully saturated rings. The first-order chi connectivity index (χ1) is 5.83. The maximum absolute atomic E-state index is 5.46. The third-order valence-electron chi connectivity index (χ3n) is 1.50. The van der Waals surface area contributed by atoms with E-state index in [1.807, 2.05) is 18.2 Å². The molecule has 0 spiro atoms. The summed E-state index contributed by atoms with van der Waals surface area (Å²) in [6.45, 7) is 0. The second-order valence-electron chi connectivity index (χ2n) is 2.11. The van der Waals surface area contributed by atoms with E-state index in [0.717, 1.165) is 28.3 Å². The van der Waals surface area contributed by atoms with Crippen LogP contribution in [-0.2, 0) is 0 Å². The maximum atomic E-state index is 5.46. The van der Waals surface area contributed by atoms with Crippen LogP contribution >= 0.6 is 11.9 Å². The van der Waals surface area contributed by atoms with E-state index in [1.54, 1.807) is 14.2 Å². The highest BCUT2D eigenvalue weighted by atomic mass is 32.2. The molecule has 0 aromatic heterocycles. The van der Waals surface area contributed by atoms with Crippen molar-refractivity contribution in [3.8, 4) is 11.5 Å². The van der Waals surface area contributed by atoms with Gasteiger partial charge in [0.25, 0.3) is 0 Å². The van der Waals surface area contributed by atoms with Crippen LogP contribution in [0.1, 0.15) is 0 Å². The average molecular weight is 185 g/mol. The van der Waals surface area contributed by atoms with E-state index in [1.165, 1.54) is 0 Å². The van der Waals surface area contributed by atoms with E-state index in [4.69, 9.17) is 14.6 Å². The van der Waals surface area contributed by atoms with Crippen LogP contribution in [0, 0.1) is 0 Å². The number of nitrogens with two attached hydrogens (primary N) is 1. The highest BCUT2D eigenvalue weighted by Crippen LogP contribution is 2.34. The van der Waals surface area contributed by atoms with Crippen molar-refractivity contribution in [3.05, 3.63) is 18.2 Å². The first-order valence-corrected chi connectivity index (χ1v) is 4.29. The maximum Gasteiger partial charge on any atom is 0.137 e. The molecule has 4 heteroatoms. The summed E-state index contributed by atoms with van der Waals surface area (Å²) in [5.41, 5.74) is 0. The Balaban J connectivity index is 3.13. The van der Waals surface area contributed by atoms with Crippen molar-refractivity contribution in [2.75, 3.05) is 14.2 Å². The molecule has 0 aliphatic carbocycles. The summed E-state index contributed by atoms with van der Waals surface area (Å²) in [4.78, 5) is 0.822. The Bertz CT molecular complexity index is 243. The molecule has 1 aromatic carbocycles. The van der Waals surface area contributed by atoms with E-state index >= 15 is 0 Å². The first kappa shape index (κ1) is 9.22. The monoisotopic (exact) mass is 185 g/mol. The molecule has 0 saturated carbocycles. The van der Waals surface area contributed by atoms with Crippen molar-refractivity contribution >= 4 is 11.9 Å². The van der Waals surface area contributed by atoms with E-state index in [2.05, 4.69) is 0 Å². The van der Waals surface area contributed by atoms with E-state index in [-0.39, 0.29) is 0 Å². The van der Waals surface area contributed by atoms with Crippen molar-refractivity contribution in [2.24, 2.45) is 5.14 Å². The predicted octanol–water partition coefficient (Wildman–Crippen LogP) is 1.67. The van der Waals surface area contributed by atoms with Crippen LogP contribution in [0.5, 0.6) is 11.5 Å².